The molecular weight excluding hydrogens is 212 g/mol. The number of rotatable bonds is 3. The summed E-state index contributed by atoms with van der Waals surface area (Å²) in [4.78, 5) is 15.7. The summed E-state index contributed by atoms with van der Waals surface area (Å²) in [7, 11) is 0. The second-order valence-electron chi connectivity index (χ2n) is 3.68. The fraction of sp³-hybridized carbons (Fsp3) is 0.143. The number of nitrogens with one attached hydrogen (secondary N) is 1. The third-order valence-electron chi connectivity index (χ3n) is 2.48. The maximum atomic E-state index is 11.7. The van der Waals surface area contributed by atoms with Crippen LogP contribution in [0.1, 0.15) is 17.3 Å². The Balaban J connectivity index is 2.32. The van der Waals surface area contributed by atoms with Crippen LogP contribution in [0.2, 0.25) is 0 Å². The summed E-state index contributed by atoms with van der Waals surface area (Å²) in [5.41, 5.74) is 2.77. The molecule has 1 amide bonds. The summed E-state index contributed by atoms with van der Waals surface area (Å²) >= 11 is 0. The topological polar surface area (TPSA) is 42.0 Å². The Morgan fingerprint density at radius 3 is 2.65 bits per heavy atom. The van der Waals surface area contributed by atoms with Crippen molar-refractivity contribution in [2.45, 2.75) is 6.92 Å². The molecule has 1 heterocycles. The maximum absolute atomic E-state index is 11.7. The van der Waals surface area contributed by atoms with Gasteiger partial charge in [0.15, 0.2) is 0 Å². The number of nitrogens with zero attached hydrogens (tertiary/aromatic N) is 1. The number of hydrogen-bond acceptors (Lipinski definition) is 2. The van der Waals surface area contributed by atoms with Crippen molar-refractivity contribution in [3.05, 3.63) is 54.4 Å². The average Bonchev–Trinajstić information content (AvgIpc) is 2.40. The van der Waals surface area contributed by atoms with Gasteiger partial charge >= 0.3 is 0 Å². The van der Waals surface area contributed by atoms with Gasteiger partial charge in [0.2, 0.25) is 0 Å². The maximum Gasteiger partial charge on any atom is 0.251 e. The summed E-state index contributed by atoms with van der Waals surface area (Å²) in [6.45, 7) is 2.54. The van der Waals surface area contributed by atoms with Gasteiger partial charge in [-0.3, -0.25) is 9.78 Å². The lowest BCUT2D eigenvalue weighted by Crippen LogP contribution is -2.22. The molecule has 0 unspecified atom stereocenters. The van der Waals surface area contributed by atoms with Crippen molar-refractivity contribution in [2.75, 3.05) is 6.54 Å². The van der Waals surface area contributed by atoms with E-state index >= 15 is 0 Å². The summed E-state index contributed by atoms with van der Waals surface area (Å²) < 4.78 is 0. The first-order chi connectivity index (χ1) is 8.31. The zero-order chi connectivity index (χ0) is 12.1. The van der Waals surface area contributed by atoms with E-state index in [-0.39, 0.29) is 5.91 Å². The van der Waals surface area contributed by atoms with Gasteiger partial charge in [0.25, 0.3) is 5.91 Å². The number of carbonyl (C=O) groups is 1. The highest BCUT2D eigenvalue weighted by molar-refractivity contribution is 5.95. The summed E-state index contributed by atoms with van der Waals surface area (Å²) in [5, 5.41) is 2.79. The minimum Gasteiger partial charge on any atom is -0.352 e. The van der Waals surface area contributed by atoms with Gasteiger partial charge in [0.05, 0.1) is 0 Å². The third kappa shape index (κ3) is 2.69. The van der Waals surface area contributed by atoms with Crippen LogP contribution in [0.4, 0.5) is 0 Å². The molecule has 2 rings (SSSR count). The van der Waals surface area contributed by atoms with Crippen LogP contribution >= 0.6 is 0 Å². The van der Waals surface area contributed by atoms with Crippen molar-refractivity contribution in [1.82, 2.24) is 10.3 Å². The highest BCUT2D eigenvalue weighted by atomic mass is 16.1. The monoisotopic (exact) mass is 226 g/mol. The van der Waals surface area contributed by atoms with Crippen LogP contribution in [-0.4, -0.2) is 17.4 Å². The van der Waals surface area contributed by atoms with E-state index in [1.807, 2.05) is 43.3 Å². The fourth-order valence-corrected chi connectivity index (χ4v) is 1.65. The first-order valence-corrected chi connectivity index (χ1v) is 5.60. The van der Waals surface area contributed by atoms with E-state index in [4.69, 9.17) is 0 Å². The number of aromatic nitrogens is 1. The van der Waals surface area contributed by atoms with Crippen LogP contribution in [0.25, 0.3) is 11.1 Å². The molecule has 0 spiro atoms. The average molecular weight is 226 g/mol. The van der Waals surface area contributed by atoms with E-state index in [0.29, 0.717) is 12.1 Å². The van der Waals surface area contributed by atoms with Gasteiger partial charge < -0.3 is 5.32 Å². The Kier molecular flexibility index (Phi) is 3.50. The van der Waals surface area contributed by atoms with Crippen molar-refractivity contribution in [3.8, 4) is 11.1 Å². The first-order valence-electron chi connectivity index (χ1n) is 5.60. The van der Waals surface area contributed by atoms with Gasteiger partial charge in [-0.05, 0) is 42.3 Å². The van der Waals surface area contributed by atoms with Gasteiger partial charge in [-0.1, -0.05) is 12.1 Å². The van der Waals surface area contributed by atoms with Gasteiger partial charge in [-0.25, -0.2) is 0 Å². The SMILES string of the molecule is CCNC(=O)c1cccc(-c2ccncc2)c1. The number of benzene rings is 1. The zero-order valence-corrected chi connectivity index (χ0v) is 9.68. The molecule has 0 aliphatic carbocycles. The Labute approximate surface area is 101 Å². The Bertz CT molecular complexity index is 509. The molecule has 0 bridgehead atoms. The van der Waals surface area contributed by atoms with Crippen molar-refractivity contribution >= 4 is 5.91 Å². The van der Waals surface area contributed by atoms with Crippen molar-refractivity contribution in [1.29, 1.82) is 0 Å². The van der Waals surface area contributed by atoms with E-state index < -0.39 is 0 Å². The largest absolute Gasteiger partial charge is 0.352 e. The molecule has 1 N–H and O–H groups in total. The molecule has 3 heteroatoms. The number of carbonyl (C=O) groups excluding carboxylic acids is 1. The van der Waals surface area contributed by atoms with Crippen LogP contribution in [0.3, 0.4) is 0 Å². The molecule has 0 atom stereocenters. The standard InChI is InChI=1S/C14H14N2O/c1-2-16-14(17)13-5-3-4-12(10-13)11-6-8-15-9-7-11/h3-10H,2H2,1H3,(H,16,17). The van der Waals surface area contributed by atoms with E-state index in [1.165, 1.54) is 0 Å². The van der Waals surface area contributed by atoms with E-state index in [1.54, 1.807) is 12.4 Å². The molecule has 0 saturated heterocycles. The van der Waals surface area contributed by atoms with E-state index in [9.17, 15) is 4.79 Å². The number of hydrogen-bond donors (Lipinski definition) is 1. The highest BCUT2D eigenvalue weighted by Gasteiger charge is 2.05. The van der Waals surface area contributed by atoms with Crippen LogP contribution in [-0.2, 0) is 0 Å². The summed E-state index contributed by atoms with van der Waals surface area (Å²) in [6, 6.07) is 11.4. The lowest BCUT2D eigenvalue weighted by molar-refractivity contribution is 0.0956. The Morgan fingerprint density at radius 2 is 1.94 bits per heavy atom. The Morgan fingerprint density at radius 1 is 1.18 bits per heavy atom. The zero-order valence-electron chi connectivity index (χ0n) is 9.68. The first kappa shape index (κ1) is 11.3. The van der Waals surface area contributed by atoms with Crippen molar-refractivity contribution in [3.63, 3.8) is 0 Å². The predicted molar refractivity (Wildman–Crippen MR) is 67.7 cm³/mol. The van der Waals surface area contributed by atoms with Gasteiger partial charge in [-0.2, -0.15) is 0 Å². The van der Waals surface area contributed by atoms with E-state index in [2.05, 4.69) is 10.3 Å². The van der Waals surface area contributed by atoms with Gasteiger partial charge in [0.1, 0.15) is 0 Å². The van der Waals surface area contributed by atoms with Gasteiger partial charge in [-0.15, -0.1) is 0 Å². The van der Waals surface area contributed by atoms with Crippen molar-refractivity contribution in [2.24, 2.45) is 0 Å². The number of pyridine rings is 1. The molecule has 0 aliphatic rings. The molecular formula is C14H14N2O. The second-order valence-corrected chi connectivity index (χ2v) is 3.68. The lowest BCUT2D eigenvalue weighted by Gasteiger charge is -2.05. The van der Waals surface area contributed by atoms with Crippen LogP contribution in [0.15, 0.2) is 48.8 Å². The molecule has 17 heavy (non-hydrogen) atoms. The van der Waals surface area contributed by atoms with Crippen LogP contribution < -0.4 is 5.32 Å². The molecule has 1 aromatic heterocycles. The third-order valence-corrected chi connectivity index (χ3v) is 2.48. The fourth-order valence-electron chi connectivity index (χ4n) is 1.65. The van der Waals surface area contributed by atoms with Crippen LogP contribution in [0, 0.1) is 0 Å². The molecule has 0 saturated carbocycles. The number of amides is 1. The molecule has 86 valence electrons. The highest BCUT2D eigenvalue weighted by Crippen LogP contribution is 2.19. The van der Waals surface area contributed by atoms with Crippen LogP contribution in [0.5, 0.6) is 0 Å². The molecule has 2 aromatic rings. The van der Waals surface area contributed by atoms with Gasteiger partial charge in [0, 0.05) is 24.5 Å². The minimum atomic E-state index is -0.0385. The lowest BCUT2D eigenvalue weighted by atomic mass is 10.0. The molecule has 0 fully saturated rings. The quantitative estimate of drug-likeness (QED) is 0.873. The molecule has 1 aromatic carbocycles. The normalized spacial score (nSPS) is 9.94. The molecule has 0 radical (unpaired) electrons. The Hall–Kier alpha value is -2.16. The summed E-state index contributed by atoms with van der Waals surface area (Å²) in [5.74, 6) is -0.0385. The minimum absolute atomic E-state index is 0.0385. The molecule has 3 nitrogen and oxygen atoms in total. The summed E-state index contributed by atoms with van der Waals surface area (Å²) in [6.07, 6.45) is 3.49. The van der Waals surface area contributed by atoms with E-state index in [0.717, 1.165) is 11.1 Å². The second kappa shape index (κ2) is 5.25. The smallest absolute Gasteiger partial charge is 0.251 e. The molecule has 0 aliphatic heterocycles. The van der Waals surface area contributed by atoms with Crippen molar-refractivity contribution < 1.29 is 4.79 Å². The predicted octanol–water partition coefficient (Wildman–Crippen LogP) is 2.50.